The van der Waals surface area contributed by atoms with Crippen molar-refractivity contribution in [1.29, 1.82) is 0 Å². The fourth-order valence-electron chi connectivity index (χ4n) is 3.96. The lowest BCUT2D eigenvalue weighted by Gasteiger charge is -2.36. The van der Waals surface area contributed by atoms with Crippen LogP contribution in [-0.2, 0) is 5.41 Å². The van der Waals surface area contributed by atoms with Gasteiger partial charge in [-0.25, -0.2) is 0 Å². The van der Waals surface area contributed by atoms with Crippen LogP contribution >= 0.6 is 0 Å². The third-order valence-electron chi connectivity index (χ3n) is 5.26. The molecule has 0 spiro atoms. The van der Waals surface area contributed by atoms with Crippen molar-refractivity contribution in [3.05, 3.63) is 108 Å². The van der Waals surface area contributed by atoms with Gasteiger partial charge in [0.05, 0.1) is 0 Å². The van der Waals surface area contributed by atoms with Crippen molar-refractivity contribution in [3.8, 4) is 0 Å². The molecule has 134 valence electrons. The average Bonchev–Trinajstić information content (AvgIpc) is 2.73. The second kappa shape index (κ2) is 9.35. The fraction of sp³-hybridized carbons (Fsp3) is 0.280. The first kappa shape index (κ1) is 18.4. The maximum absolute atomic E-state index is 9.06. The summed E-state index contributed by atoms with van der Waals surface area (Å²) in [5.41, 5.74) is 3.90. The number of aliphatic hydroxyl groups is 1. The lowest BCUT2D eigenvalue weighted by molar-refractivity contribution is 0.282. The lowest BCUT2D eigenvalue weighted by Crippen LogP contribution is -2.29. The highest BCUT2D eigenvalue weighted by atomic mass is 16.2. The van der Waals surface area contributed by atoms with E-state index >= 15 is 0 Å². The Morgan fingerprint density at radius 1 is 0.500 bits per heavy atom. The molecule has 26 heavy (non-hydrogen) atoms. The monoisotopic (exact) mass is 344 g/mol. The van der Waals surface area contributed by atoms with Crippen LogP contribution in [0.25, 0.3) is 0 Å². The van der Waals surface area contributed by atoms with Crippen LogP contribution in [0.3, 0.4) is 0 Å². The Labute approximate surface area is 157 Å². The topological polar surface area (TPSA) is 20.2 Å². The molecule has 0 fully saturated rings. The molecule has 1 nitrogen and oxygen atoms in total. The van der Waals surface area contributed by atoms with Crippen molar-refractivity contribution in [1.82, 2.24) is 0 Å². The molecule has 0 bridgehead atoms. The molecule has 0 saturated carbocycles. The van der Waals surface area contributed by atoms with Gasteiger partial charge in [-0.05, 0) is 29.5 Å². The summed E-state index contributed by atoms with van der Waals surface area (Å²) < 4.78 is 0. The maximum atomic E-state index is 9.06. The van der Waals surface area contributed by atoms with Crippen molar-refractivity contribution in [2.45, 2.75) is 37.5 Å². The number of unbranched alkanes of at least 4 members (excludes halogenated alkanes) is 3. The molecule has 0 radical (unpaired) electrons. The molecule has 0 aliphatic rings. The van der Waals surface area contributed by atoms with Crippen molar-refractivity contribution < 1.29 is 5.11 Å². The minimum atomic E-state index is -0.136. The van der Waals surface area contributed by atoms with E-state index in [-0.39, 0.29) is 5.41 Å². The summed E-state index contributed by atoms with van der Waals surface area (Å²) in [7, 11) is 0. The van der Waals surface area contributed by atoms with Crippen LogP contribution in [0.4, 0.5) is 0 Å². The molecule has 1 heteroatoms. The first-order valence-electron chi connectivity index (χ1n) is 9.65. The Hall–Kier alpha value is -2.38. The summed E-state index contributed by atoms with van der Waals surface area (Å²) in [5, 5.41) is 9.06. The van der Waals surface area contributed by atoms with E-state index in [4.69, 9.17) is 5.11 Å². The lowest BCUT2D eigenvalue weighted by atomic mass is 9.66. The Morgan fingerprint density at radius 2 is 0.885 bits per heavy atom. The van der Waals surface area contributed by atoms with Crippen LogP contribution in [0.2, 0.25) is 0 Å². The van der Waals surface area contributed by atoms with Crippen molar-refractivity contribution in [2.24, 2.45) is 0 Å². The van der Waals surface area contributed by atoms with Crippen molar-refractivity contribution in [2.75, 3.05) is 6.61 Å². The highest BCUT2D eigenvalue weighted by Crippen LogP contribution is 2.43. The normalized spacial score (nSPS) is 11.4. The smallest absolute Gasteiger partial charge is 0.0451 e. The molecule has 0 aliphatic heterocycles. The van der Waals surface area contributed by atoms with E-state index in [1.54, 1.807) is 0 Å². The first-order valence-corrected chi connectivity index (χ1v) is 9.65. The molecular formula is C25H28O. The van der Waals surface area contributed by atoms with Gasteiger partial charge in [0.2, 0.25) is 0 Å². The Kier molecular flexibility index (Phi) is 6.62. The average molecular weight is 344 g/mol. The van der Waals surface area contributed by atoms with E-state index in [9.17, 15) is 0 Å². The molecule has 0 heterocycles. The molecule has 0 aliphatic carbocycles. The predicted octanol–water partition coefficient (Wildman–Crippen LogP) is 5.96. The number of rotatable bonds is 9. The summed E-state index contributed by atoms with van der Waals surface area (Å²) in [6.45, 7) is 0.293. The summed E-state index contributed by atoms with van der Waals surface area (Å²) in [4.78, 5) is 0. The molecule has 3 aromatic carbocycles. The van der Waals surface area contributed by atoms with Crippen LogP contribution in [0.15, 0.2) is 91.0 Å². The zero-order valence-electron chi connectivity index (χ0n) is 15.4. The zero-order chi connectivity index (χ0) is 18.1. The first-order chi connectivity index (χ1) is 12.9. The molecule has 3 aromatic rings. The third-order valence-corrected chi connectivity index (χ3v) is 5.26. The molecule has 0 atom stereocenters. The second-order valence-electron chi connectivity index (χ2n) is 6.89. The van der Waals surface area contributed by atoms with E-state index in [2.05, 4.69) is 91.0 Å². The molecule has 0 amide bonds. The van der Waals surface area contributed by atoms with Gasteiger partial charge in [-0.3, -0.25) is 0 Å². The van der Waals surface area contributed by atoms with Gasteiger partial charge in [0, 0.05) is 12.0 Å². The minimum Gasteiger partial charge on any atom is -0.396 e. The van der Waals surface area contributed by atoms with E-state index in [1.165, 1.54) is 16.7 Å². The van der Waals surface area contributed by atoms with E-state index < -0.39 is 0 Å². The minimum absolute atomic E-state index is 0.136. The van der Waals surface area contributed by atoms with Crippen LogP contribution in [0.1, 0.15) is 48.8 Å². The molecule has 3 rings (SSSR count). The van der Waals surface area contributed by atoms with Gasteiger partial charge in [-0.1, -0.05) is 110 Å². The van der Waals surface area contributed by atoms with E-state index in [0.29, 0.717) is 6.61 Å². The Balaban J connectivity index is 2.06. The number of hydrogen-bond acceptors (Lipinski definition) is 1. The van der Waals surface area contributed by atoms with Gasteiger partial charge in [0.15, 0.2) is 0 Å². The van der Waals surface area contributed by atoms with Crippen molar-refractivity contribution >= 4 is 0 Å². The second-order valence-corrected chi connectivity index (χ2v) is 6.89. The van der Waals surface area contributed by atoms with Gasteiger partial charge in [0.1, 0.15) is 0 Å². The summed E-state index contributed by atoms with van der Waals surface area (Å²) >= 11 is 0. The Bertz CT molecular complexity index is 653. The van der Waals surface area contributed by atoms with Crippen LogP contribution in [0, 0.1) is 0 Å². The number of aliphatic hydroxyl groups excluding tert-OH is 1. The van der Waals surface area contributed by atoms with Gasteiger partial charge in [-0.2, -0.15) is 0 Å². The number of hydrogen-bond donors (Lipinski definition) is 1. The quantitative estimate of drug-likeness (QED) is 0.375. The fourth-order valence-corrected chi connectivity index (χ4v) is 3.96. The van der Waals surface area contributed by atoms with Gasteiger partial charge >= 0.3 is 0 Å². The summed E-state index contributed by atoms with van der Waals surface area (Å²) in [6.07, 6.45) is 5.34. The summed E-state index contributed by atoms with van der Waals surface area (Å²) in [5.74, 6) is 0. The molecule has 1 N–H and O–H groups in total. The highest BCUT2D eigenvalue weighted by Gasteiger charge is 2.35. The van der Waals surface area contributed by atoms with E-state index in [0.717, 1.165) is 32.1 Å². The standard InChI is InChI=1S/C25H28O/c26-21-13-2-1-12-20-25(22-14-6-3-7-15-22,23-16-8-4-9-17-23)24-18-10-5-11-19-24/h3-11,14-19,26H,1-2,12-13,20-21H2. The highest BCUT2D eigenvalue weighted by molar-refractivity contribution is 5.50. The van der Waals surface area contributed by atoms with Gasteiger partial charge in [-0.15, -0.1) is 0 Å². The van der Waals surface area contributed by atoms with Crippen LogP contribution in [0.5, 0.6) is 0 Å². The van der Waals surface area contributed by atoms with E-state index in [1.807, 2.05) is 0 Å². The largest absolute Gasteiger partial charge is 0.396 e. The zero-order valence-corrected chi connectivity index (χ0v) is 15.4. The molecule has 0 unspecified atom stereocenters. The Morgan fingerprint density at radius 3 is 1.27 bits per heavy atom. The summed E-state index contributed by atoms with van der Waals surface area (Å²) in [6, 6.07) is 32.7. The van der Waals surface area contributed by atoms with Crippen molar-refractivity contribution in [3.63, 3.8) is 0 Å². The van der Waals surface area contributed by atoms with Crippen LogP contribution < -0.4 is 0 Å². The number of benzene rings is 3. The molecule has 0 saturated heterocycles. The van der Waals surface area contributed by atoms with Crippen LogP contribution in [-0.4, -0.2) is 11.7 Å². The van der Waals surface area contributed by atoms with Gasteiger partial charge < -0.3 is 5.11 Å². The maximum Gasteiger partial charge on any atom is 0.0451 e. The molecule has 0 aromatic heterocycles. The molecular weight excluding hydrogens is 316 g/mol. The SMILES string of the molecule is OCCCCCCC(c1ccccc1)(c1ccccc1)c1ccccc1. The predicted molar refractivity (Wildman–Crippen MR) is 109 cm³/mol. The van der Waals surface area contributed by atoms with Gasteiger partial charge in [0.25, 0.3) is 0 Å². The third kappa shape index (κ3) is 4.05.